The first-order chi connectivity index (χ1) is 3.79. The van der Waals surface area contributed by atoms with Crippen LogP contribution < -0.4 is 0 Å². The average Bonchev–Trinajstić information content (AvgIpc) is 1.64. The Bertz CT molecular complexity index is 145. The van der Waals surface area contributed by atoms with Crippen LogP contribution in [0.2, 0.25) is 0 Å². The molecule has 0 N–H and O–H groups in total. The first-order valence-corrected chi connectivity index (χ1v) is 3.11. The largest absolute Gasteiger partial charge is 0.0888 e. The predicted octanol–water partition coefficient (Wildman–Crippen LogP) is 2.84. The highest BCUT2D eigenvalue weighted by molar-refractivity contribution is 6.35. The Morgan fingerprint density at radius 2 is 2.00 bits per heavy atom. The topological polar surface area (TPSA) is 0 Å². The molecule has 0 aromatic carbocycles. The third-order valence-electron chi connectivity index (χ3n) is 0.901. The molecular formula is C6H5Cl2. The number of allylic oxidation sites excluding steroid dienone is 4. The summed E-state index contributed by atoms with van der Waals surface area (Å²) in [7, 11) is 0. The van der Waals surface area contributed by atoms with E-state index in [2.05, 4.69) is 0 Å². The maximum atomic E-state index is 5.59. The normalized spacial score (nSPS) is 19.8. The van der Waals surface area contributed by atoms with Gasteiger partial charge in [-0.2, -0.15) is 0 Å². The average molecular weight is 148 g/mol. The van der Waals surface area contributed by atoms with Crippen molar-refractivity contribution in [1.82, 2.24) is 0 Å². The summed E-state index contributed by atoms with van der Waals surface area (Å²) < 4.78 is 0. The predicted molar refractivity (Wildman–Crippen MR) is 36.8 cm³/mol. The quantitative estimate of drug-likeness (QED) is 0.495. The standard InChI is InChI=1S/C6H5Cl2/c7-5-2-1-3-6(8)4-5/h2-4H,1H2. The van der Waals surface area contributed by atoms with E-state index in [4.69, 9.17) is 23.2 Å². The van der Waals surface area contributed by atoms with Crippen LogP contribution in [0.4, 0.5) is 0 Å². The van der Waals surface area contributed by atoms with Gasteiger partial charge in [-0.15, -0.1) is 0 Å². The molecule has 0 amide bonds. The van der Waals surface area contributed by atoms with Gasteiger partial charge in [-0.1, -0.05) is 29.3 Å². The van der Waals surface area contributed by atoms with E-state index in [1.807, 2.05) is 12.5 Å². The zero-order valence-electron chi connectivity index (χ0n) is 4.20. The Labute approximate surface area is 58.8 Å². The molecule has 0 saturated heterocycles. The molecular weight excluding hydrogens is 143 g/mol. The molecule has 0 unspecified atom stereocenters. The first kappa shape index (κ1) is 6.18. The zero-order chi connectivity index (χ0) is 5.98. The first-order valence-electron chi connectivity index (χ1n) is 2.35. The fourth-order valence-corrected chi connectivity index (χ4v) is 1.00. The van der Waals surface area contributed by atoms with Crippen molar-refractivity contribution in [2.45, 2.75) is 6.42 Å². The summed E-state index contributed by atoms with van der Waals surface area (Å²) in [6.07, 6.45) is 6.40. The molecule has 2 heteroatoms. The molecule has 1 aliphatic carbocycles. The van der Waals surface area contributed by atoms with Crippen LogP contribution in [0.25, 0.3) is 0 Å². The molecule has 0 heterocycles. The molecule has 0 aromatic rings. The van der Waals surface area contributed by atoms with Crippen LogP contribution in [0.3, 0.4) is 0 Å². The minimum absolute atomic E-state index is 0.734. The van der Waals surface area contributed by atoms with Crippen molar-refractivity contribution in [2.24, 2.45) is 0 Å². The van der Waals surface area contributed by atoms with E-state index in [-0.39, 0.29) is 0 Å². The van der Waals surface area contributed by atoms with Gasteiger partial charge in [0, 0.05) is 16.5 Å². The lowest BCUT2D eigenvalue weighted by molar-refractivity contribution is 1.24. The zero-order valence-corrected chi connectivity index (χ0v) is 5.71. The van der Waals surface area contributed by atoms with Gasteiger partial charge in [0.15, 0.2) is 0 Å². The second kappa shape index (κ2) is 2.56. The summed E-state index contributed by atoms with van der Waals surface area (Å²) in [6, 6.07) is 0. The monoisotopic (exact) mass is 147 g/mol. The lowest BCUT2D eigenvalue weighted by atomic mass is 10.2. The summed E-state index contributed by atoms with van der Waals surface area (Å²) in [5.74, 6) is 0. The summed E-state index contributed by atoms with van der Waals surface area (Å²) >= 11 is 11.2. The number of hydrogen-bond acceptors (Lipinski definition) is 0. The smallest absolute Gasteiger partial charge is 0.0377 e. The molecule has 0 aromatic heterocycles. The molecule has 0 saturated carbocycles. The second-order valence-electron chi connectivity index (χ2n) is 1.56. The van der Waals surface area contributed by atoms with Gasteiger partial charge >= 0.3 is 0 Å². The van der Waals surface area contributed by atoms with E-state index in [1.165, 1.54) is 0 Å². The molecule has 0 aliphatic heterocycles. The Morgan fingerprint density at radius 1 is 1.25 bits per heavy atom. The van der Waals surface area contributed by atoms with E-state index in [1.54, 1.807) is 6.08 Å². The van der Waals surface area contributed by atoms with Gasteiger partial charge in [-0.05, 0) is 12.5 Å². The van der Waals surface area contributed by atoms with Crippen LogP contribution in [-0.2, 0) is 0 Å². The van der Waals surface area contributed by atoms with Crippen LogP contribution in [0.5, 0.6) is 0 Å². The molecule has 0 atom stereocenters. The molecule has 0 bridgehead atoms. The Hall–Kier alpha value is 0.0600. The number of rotatable bonds is 0. The van der Waals surface area contributed by atoms with E-state index >= 15 is 0 Å². The molecule has 0 fully saturated rings. The van der Waals surface area contributed by atoms with E-state index < -0.39 is 0 Å². The van der Waals surface area contributed by atoms with Gasteiger partial charge in [0.2, 0.25) is 0 Å². The van der Waals surface area contributed by atoms with E-state index in [0.29, 0.717) is 0 Å². The van der Waals surface area contributed by atoms with Crippen molar-refractivity contribution in [2.75, 3.05) is 0 Å². The molecule has 8 heavy (non-hydrogen) atoms. The summed E-state index contributed by atoms with van der Waals surface area (Å²) in [4.78, 5) is 0. The second-order valence-corrected chi connectivity index (χ2v) is 2.43. The fourth-order valence-electron chi connectivity index (χ4n) is 0.534. The Kier molecular flexibility index (Phi) is 1.98. The van der Waals surface area contributed by atoms with Gasteiger partial charge < -0.3 is 0 Å². The highest BCUT2D eigenvalue weighted by Gasteiger charge is 1.98. The lowest BCUT2D eigenvalue weighted by Crippen LogP contribution is -1.81. The van der Waals surface area contributed by atoms with Gasteiger partial charge in [0.25, 0.3) is 0 Å². The molecule has 0 nitrogen and oxygen atoms in total. The fraction of sp³-hybridized carbons (Fsp3) is 0.167. The SMILES string of the molecule is ClC1=CC(Cl)=CC[CH]1. The lowest BCUT2D eigenvalue weighted by Gasteiger charge is -2.00. The molecule has 1 aliphatic rings. The van der Waals surface area contributed by atoms with Gasteiger partial charge in [-0.25, -0.2) is 0 Å². The van der Waals surface area contributed by atoms with Crippen LogP contribution in [0, 0.1) is 6.42 Å². The summed E-state index contributed by atoms with van der Waals surface area (Å²) in [5.41, 5.74) is 0. The van der Waals surface area contributed by atoms with Crippen molar-refractivity contribution >= 4 is 23.2 Å². The Morgan fingerprint density at radius 3 is 2.38 bits per heavy atom. The Balaban J connectivity index is 2.69. The van der Waals surface area contributed by atoms with Crippen molar-refractivity contribution in [1.29, 1.82) is 0 Å². The van der Waals surface area contributed by atoms with Gasteiger partial charge in [-0.3, -0.25) is 0 Å². The third-order valence-corrected chi connectivity index (χ3v) is 1.43. The number of halogens is 2. The molecule has 1 radical (unpaired) electrons. The van der Waals surface area contributed by atoms with Crippen molar-refractivity contribution in [3.05, 3.63) is 28.6 Å². The highest BCUT2D eigenvalue weighted by Crippen LogP contribution is 2.20. The van der Waals surface area contributed by atoms with Crippen LogP contribution in [0.1, 0.15) is 6.42 Å². The minimum Gasteiger partial charge on any atom is -0.0888 e. The van der Waals surface area contributed by atoms with Crippen molar-refractivity contribution < 1.29 is 0 Å². The number of hydrogen-bond donors (Lipinski definition) is 0. The van der Waals surface area contributed by atoms with Crippen molar-refractivity contribution in [3.63, 3.8) is 0 Å². The highest BCUT2D eigenvalue weighted by atomic mass is 35.5. The van der Waals surface area contributed by atoms with Crippen LogP contribution in [-0.4, -0.2) is 0 Å². The molecule has 1 rings (SSSR count). The summed E-state index contributed by atoms with van der Waals surface area (Å²) in [5, 5.41) is 1.47. The maximum Gasteiger partial charge on any atom is 0.0377 e. The van der Waals surface area contributed by atoms with Crippen LogP contribution in [0.15, 0.2) is 22.2 Å². The maximum absolute atomic E-state index is 5.59. The van der Waals surface area contributed by atoms with Crippen LogP contribution >= 0.6 is 23.2 Å². The molecule has 0 spiro atoms. The van der Waals surface area contributed by atoms with Gasteiger partial charge in [0.05, 0.1) is 0 Å². The third kappa shape index (κ3) is 1.53. The minimum atomic E-state index is 0.734. The van der Waals surface area contributed by atoms with Gasteiger partial charge in [0.1, 0.15) is 0 Å². The van der Waals surface area contributed by atoms with E-state index in [9.17, 15) is 0 Å². The van der Waals surface area contributed by atoms with E-state index in [0.717, 1.165) is 16.5 Å². The summed E-state index contributed by atoms with van der Waals surface area (Å²) in [6.45, 7) is 0. The van der Waals surface area contributed by atoms with Crippen molar-refractivity contribution in [3.8, 4) is 0 Å². The molecule has 43 valence electrons.